The van der Waals surface area contributed by atoms with Crippen LogP contribution in [0, 0.1) is 0 Å². The second-order valence-corrected chi connectivity index (χ2v) is 7.82. The van der Waals surface area contributed by atoms with Crippen LogP contribution in [0.4, 0.5) is 11.8 Å². The number of aromatic amines is 1. The van der Waals surface area contributed by atoms with E-state index in [9.17, 15) is 4.79 Å². The minimum Gasteiger partial charge on any atom is -0.365 e. The highest BCUT2D eigenvalue weighted by atomic mass is 32.1. The van der Waals surface area contributed by atoms with E-state index in [0.717, 1.165) is 36.5 Å². The molecule has 0 spiro atoms. The summed E-state index contributed by atoms with van der Waals surface area (Å²) in [6.45, 7) is 2.23. The Labute approximate surface area is 160 Å². The molecule has 1 fully saturated rings. The molecule has 1 aliphatic heterocycles. The number of carbonyl (C=O) groups is 1. The van der Waals surface area contributed by atoms with Gasteiger partial charge in [0.1, 0.15) is 11.5 Å². The Morgan fingerprint density at radius 2 is 2.04 bits per heavy atom. The fourth-order valence-corrected chi connectivity index (χ4v) is 4.01. The second kappa shape index (κ2) is 7.45. The highest BCUT2D eigenvalue weighted by Crippen LogP contribution is 2.29. The number of nitrogens with zero attached hydrogens (tertiary/aromatic N) is 4. The Hall–Kier alpha value is -2.78. The van der Waals surface area contributed by atoms with Gasteiger partial charge in [0, 0.05) is 18.5 Å². The van der Waals surface area contributed by atoms with Crippen molar-refractivity contribution in [1.29, 1.82) is 0 Å². The molecule has 140 valence electrons. The van der Waals surface area contributed by atoms with Crippen molar-refractivity contribution in [3.05, 3.63) is 41.0 Å². The van der Waals surface area contributed by atoms with E-state index in [4.69, 9.17) is 5.73 Å². The Bertz CT molecular complexity index is 925. The van der Waals surface area contributed by atoms with Gasteiger partial charge < -0.3 is 16.0 Å². The van der Waals surface area contributed by atoms with Gasteiger partial charge in [-0.15, -0.1) is 11.3 Å². The van der Waals surface area contributed by atoms with Crippen molar-refractivity contribution in [3.63, 3.8) is 0 Å². The van der Waals surface area contributed by atoms with Gasteiger partial charge in [-0.2, -0.15) is 5.10 Å². The summed E-state index contributed by atoms with van der Waals surface area (Å²) >= 11 is 1.31. The summed E-state index contributed by atoms with van der Waals surface area (Å²) in [5, 5.41) is 10.3. The number of nitrogens with two attached hydrogens (primary N) is 1. The number of amides is 1. The zero-order chi connectivity index (χ0) is 18.8. The topological polar surface area (TPSA) is 113 Å². The van der Waals surface area contributed by atoms with Crippen molar-refractivity contribution in [3.8, 4) is 10.6 Å². The van der Waals surface area contributed by atoms with Crippen LogP contribution in [0.1, 0.15) is 34.0 Å². The third kappa shape index (κ3) is 3.99. The average molecular weight is 383 g/mol. The summed E-state index contributed by atoms with van der Waals surface area (Å²) in [4.78, 5) is 23.8. The molecule has 27 heavy (non-hydrogen) atoms. The number of likely N-dealkylation sites (tertiary alicyclic amines) is 1. The van der Waals surface area contributed by atoms with Gasteiger partial charge >= 0.3 is 0 Å². The Kier molecular flexibility index (Phi) is 4.87. The first-order chi connectivity index (χ1) is 13.1. The van der Waals surface area contributed by atoms with E-state index in [1.807, 2.05) is 24.5 Å². The summed E-state index contributed by atoms with van der Waals surface area (Å²) in [6, 6.07) is 5.39. The minimum absolute atomic E-state index is 0.432. The number of piperidine rings is 1. The van der Waals surface area contributed by atoms with E-state index < -0.39 is 5.91 Å². The molecule has 0 unspecified atom stereocenters. The monoisotopic (exact) mass is 383 g/mol. The molecular weight excluding hydrogens is 362 g/mol. The van der Waals surface area contributed by atoms with Crippen molar-refractivity contribution < 1.29 is 4.79 Å². The molecule has 4 rings (SSSR count). The molecule has 8 nitrogen and oxygen atoms in total. The number of thiophene rings is 1. The Balaban J connectivity index is 1.42. The van der Waals surface area contributed by atoms with Crippen LogP contribution in [0.25, 0.3) is 10.6 Å². The van der Waals surface area contributed by atoms with Gasteiger partial charge in [-0.25, -0.2) is 9.97 Å². The predicted octanol–water partition coefficient (Wildman–Crippen LogP) is 2.58. The van der Waals surface area contributed by atoms with E-state index in [1.165, 1.54) is 16.9 Å². The van der Waals surface area contributed by atoms with Crippen LogP contribution in [-0.2, 0) is 0 Å². The molecule has 0 atom stereocenters. The molecule has 1 amide bonds. The lowest BCUT2D eigenvalue weighted by Crippen LogP contribution is -2.29. The molecule has 4 heterocycles. The molecular formula is C18H21N7OS. The van der Waals surface area contributed by atoms with Gasteiger partial charge in [0.25, 0.3) is 5.91 Å². The number of aromatic nitrogens is 4. The lowest BCUT2D eigenvalue weighted by atomic mass is 9.92. The molecule has 0 bridgehead atoms. The molecule has 0 aromatic carbocycles. The van der Waals surface area contributed by atoms with Crippen LogP contribution in [0.3, 0.4) is 0 Å². The fraction of sp³-hybridized carbons (Fsp3) is 0.333. The van der Waals surface area contributed by atoms with E-state index >= 15 is 0 Å². The van der Waals surface area contributed by atoms with Gasteiger partial charge in [0.05, 0.1) is 9.75 Å². The zero-order valence-electron chi connectivity index (χ0n) is 15.0. The van der Waals surface area contributed by atoms with Crippen molar-refractivity contribution in [2.45, 2.75) is 18.8 Å². The fourth-order valence-electron chi connectivity index (χ4n) is 3.20. The Morgan fingerprint density at radius 1 is 1.30 bits per heavy atom. The van der Waals surface area contributed by atoms with Gasteiger partial charge in [0.15, 0.2) is 0 Å². The molecule has 9 heteroatoms. The van der Waals surface area contributed by atoms with Crippen molar-refractivity contribution >= 4 is 29.0 Å². The SMILES string of the molecule is CN1CCC(c2cnc(Nc3cc(-c4ccc(C(N)=O)s4)n[nH]3)nc2)CC1. The minimum atomic E-state index is -0.432. The number of H-pyrrole nitrogens is 1. The number of carbonyl (C=O) groups excluding carboxylic acids is 1. The molecule has 3 aromatic heterocycles. The van der Waals surface area contributed by atoms with E-state index in [-0.39, 0.29) is 0 Å². The Morgan fingerprint density at radius 3 is 2.70 bits per heavy atom. The van der Waals surface area contributed by atoms with E-state index in [1.54, 1.807) is 6.07 Å². The quantitative estimate of drug-likeness (QED) is 0.624. The van der Waals surface area contributed by atoms with Crippen LogP contribution in [0.5, 0.6) is 0 Å². The number of nitrogens with one attached hydrogen (secondary N) is 2. The average Bonchev–Trinajstić information content (AvgIpc) is 3.32. The molecule has 4 N–H and O–H groups in total. The summed E-state index contributed by atoms with van der Waals surface area (Å²) in [7, 11) is 2.16. The number of hydrogen-bond acceptors (Lipinski definition) is 7. The molecule has 0 radical (unpaired) electrons. The maximum Gasteiger partial charge on any atom is 0.258 e. The summed E-state index contributed by atoms with van der Waals surface area (Å²) in [6.07, 6.45) is 6.09. The lowest BCUT2D eigenvalue weighted by molar-refractivity contribution is 0.100. The predicted molar refractivity (Wildman–Crippen MR) is 105 cm³/mol. The van der Waals surface area contributed by atoms with Crippen molar-refractivity contribution in [1.82, 2.24) is 25.1 Å². The van der Waals surface area contributed by atoms with Gasteiger partial charge in [0.2, 0.25) is 5.95 Å². The normalized spacial score (nSPS) is 15.7. The number of hydrogen-bond donors (Lipinski definition) is 3. The highest BCUT2D eigenvalue weighted by molar-refractivity contribution is 7.17. The number of anilines is 2. The summed E-state index contributed by atoms with van der Waals surface area (Å²) < 4.78 is 0. The van der Waals surface area contributed by atoms with Crippen LogP contribution in [0.2, 0.25) is 0 Å². The standard InChI is InChI=1S/C18H21N7OS/c1-25-6-4-11(5-7-25)12-9-20-18(21-10-12)22-16-8-13(23-24-16)14-2-3-15(27-14)17(19)26/h2-3,8-11H,4-7H2,1H3,(H2,19,26)(H2,20,21,22,23,24). The van der Waals surface area contributed by atoms with Crippen molar-refractivity contribution in [2.24, 2.45) is 5.73 Å². The van der Waals surface area contributed by atoms with E-state index in [0.29, 0.717) is 22.6 Å². The van der Waals surface area contributed by atoms with Gasteiger partial charge in [-0.05, 0) is 56.6 Å². The molecule has 1 aliphatic rings. The lowest BCUT2D eigenvalue weighted by Gasteiger charge is -2.28. The zero-order valence-corrected chi connectivity index (χ0v) is 15.8. The highest BCUT2D eigenvalue weighted by Gasteiger charge is 2.19. The molecule has 0 saturated carbocycles. The van der Waals surface area contributed by atoms with Gasteiger partial charge in [-0.3, -0.25) is 9.89 Å². The smallest absolute Gasteiger partial charge is 0.258 e. The van der Waals surface area contributed by atoms with Crippen LogP contribution in [0.15, 0.2) is 30.6 Å². The third-order valence-corrected chi connectivity index (χ3v) is 5.91. The van der Waals surface area contributed by atoms with Crippen LogP contribution in [-0.4, -0.2) is 51.1 Å². The maximum atomic E-state index is 11.2. The number of primary amides is 1. The first-order valence-electron chi connectivity index (χ1n) is 8.81. The molecule has 0 aliphatic carbocycles. The van der Waals surface area contributed by atoms with E-state index in [2.05, 4.69) is 37.4 Å². The molecule has 1 saturated heterocycles. The second-order valence-electron chi connectivity index (χ2n) is 6.74. The van der Waals surface area contributed by atoms with Gasteiger partial charge in [-0.1, -0.05) is 0 Å². The number of rotatable bonds is 5. The van der Waals surface area contributed by atoms with Crippen molar-refractivity contribution in [2.75, 3.05) is 25.5 Å². The third-order valence-electron chi connectivity index (χ3n) is 4.79. The first kappa shape index (κ1) is 17.6. The largest absolute Gasteiger partial charge is 0.365 e. The van der Waals surface area contributed by atoms with Crippen LogP contribution < -0.4 is 11.1 Å². The van der Waals surface area contributed by atoms with Crippen LogP contribution >= 0.6 is 11.3 Å². The maximum absolute atomic E-state index is 11.2. The molecule has 3 aromatic rings. The summed E-state index contributed by atoms with van der Waals surface area (Å²) in [5.74, 6) is 1.31. The summed E-state index contributed by atoms with van der Waals surface area (Å²) in [5.41, 5.74) is 7.22. The first-order valence-corrected chi connectivity index (χ1v) is 9.63.